The second kappa shape index (κ2) is 6.55. The summed E-state index contributed by atoms with van der Waals surface area (Å²) in [5.41, 5.74) is 0. The second-order valence-electron chi connectivity index (χ2n) is 1.42. The molecule has 0 aliphatic rings. The molecule has 0 N–H and O–H groups in total. The van der Waals surface area contributed by atoms with Gasteiger partial charge in [-0.2, -0.15) is 0 Å². The molecule has 0 aromatic carbocycles. The van der Waals surface area contributed by atoms with Gasteiger partial charge in [0.2, 0.25) is 0 Å². The van der Waals surface area contributed by atoms with Gasteiger partial charge in [0, 0.05) is 6.61 Å². The number of carboxylic acid groups (broad SMARTS) is 1. The van der Waals surface area contributed by atoms with Gasteiger partial charge in [-0.1, -0.05) is 0 Å². The molecule has 1 atom stereocenters. The van der Waals surface area contributed by atoms with Crippen molar-refractivity contribution >= 4 is 5.97 Å². The van der Waals surface area contributed by atoms with Gasteiger partial charge in [0.15, 0.2) is 0 Å². The molecule has 0 saturated carbocycles. The van der Waals surface area contributed by atoms with Crippen molar-refractivity contribution in [2.24, 2.45) is 0 Å². The molecule has 9 heavy (non-hydrogen) atoms. The fraction of sp³-hybridized carbons (Fsp3) is 0.800. The summed E-state index contributed by atoms with van der Waals surface area (Å²) in [7, 11) is 0. The Bertz CT molecular complexity index is 84.3. The van der Waals surface area contributed by atoms with Gasteiger partial charge in [-0.15, -0.1) is 0 Å². The molecule has 0 spiro atoms. The number of carbonyl (C=O) groups is 1. The van der Waals surface area contributed by atoms with Crippen LogP contribution < -0.4 is 34.7 Å². The number of carbonyl (C=O) groups excluding carboxylic acids is 1. The molecule has 3 nitrogen and oxygen atoms in total. The van der Waals surface area contributed by atoms with Crippen LogP contribution in [0.4, 0.5) is 0 Å². The minimum atomic E-state index is -1.16. The quantitative estimate of drug-likeness (QED) is 0.377. The largest absolute Gasteiger partial charge is 1.00 e. The van der Waals surface area contributed by atoms with Crippen LogP contribution in [0.2, 0.25) is 0 Å². The molecule has 0 saturated heterocycles. The maximum atomic E-state index is 9.85. The summed E-state index contributed by atoms with van der Waals surface area (Å²) in [6, 6.07) is 0. The van der Waals surface area contributed by atoms with Crippen molar-refractivity contribution in [3.63, 3.8) is 0 Å². The van der Waals surface area contributed by atoms with E-state index in [-0.39, 0.29) is 29.6 Å². The van der Waals surface area contributed by atoms with Gasteiger partial charge in [-0.25, -0.2) is 0 Å². The number of ether oxygens (including phenoxy) is 1. The summed E-state index contributed by atoms with van der Waals surface area (Å²) >= 11 is 0. The zero-order valence-corrected chi connectivity index (χ0v) is 8.01. The Morgan fingerprint density at radius 2 is 2.22 bits per heavy atom. The standard InChI is InChI=1S/C5H10O3.Na/c1-3-8-4(2)5(6)7;/h4H,3H2,1-2H3,(H,6,7);/q;+1/p-1. The van der Waals surface area contributed by atoms with Gasteiger partial charge in [0.05, 0.1) is 12.1 Å². The maximum absolute atomic E-state index is 9.85. The molecule has 0 radical (unpaired) electrons. The van der Waals surface area contributed by atoms with Crippen molar-refractivity contribution in [1.82, 2.24) is 0 Å². The monoisotopic (exact) mass is 140 g/mol. The molecule has 4 heteroatoms. The number of hydrogen-bond acceptors (Lipinski definition) is 3. The fourth-order valence-electron chi connectivity index (χ4n) is 0.318. The van der Waals surface area contributed by atoms with Crippen molar-refractivity contribution in [3.8, 4) is 0 Å². The normalized spacial score (nSPS) is 11.8. The predicted molar refractivity (Wildman–Crippen MR) is 26.1 cm³/mol. The zero-order valence-electron chi connectivity index (χ0n) is 6.01. The van der Waals surface area contributed by atoms with Crippen LogP contribution in [0, 0.1) is 0 Å². The molecule has 0 rings (SSSR count). The molecule has 0 aliphatic heterocycles. The van der Waals surface area contributed by atoms with Crippen LogP contribution in [0.5, 0.6) is 0 Å². The van der Waals surface area contributed by atoms with Gasteiger partial charge in [-0.05, 0) is 13.8 Å². The number of hydrogen-bond donors (Lipinski definition) is 0. The SMILES string of the molecule is CCOC(C)C(=O)[O-].[Na+]. The van der Waals surface area contributed by atoms with Crippen LogP contribution in [-0.4, -0.2) is 18.7 Å². The van der Waals surface area contributed by atoms with Crippen molar-refractivity contribution in [3.05, 3.63) is 0 Å². The van der Waals surface area contributed by atoms with Gasteiger partial charge in [0.1, 0.15) is 0 Å². The molecule has 1 unspecified atom stereocenters. The van der Waals surface area contributed by atoms with E-state index in [9.17, 15) is 9.90 Å². The third-order valence-electron chi connectivity index (χ3n) is 0.749. The molecule has 0 aliphatic carbocycles. The summed E-state index contributed by atoms with van der Waals surface area (Å²) in [6.45, 7) is 3.59. The first kappa shape index (κ1) is 12.1. The minimum Gasteiger partial charge on any atom is -0.547 e. The van der Waals surface area contributed by atoms with Gasteiger partial charge >= 0.3 is 29.6 Å². The fourth-order valence-corrected chi connectivity index (χ4v) is 0.318. The van der Waals surface area contributed by atoms with Gasteiger partial charge in [0.25, 0.3) is 0 Å². The third kappa shape index (κ3) is 6.31. The molecule has 0 aromatic rings. The van der Waals surface area contributed by atoms with Crippen LogP contribution in [0.25, 0.3) is 0 Å². The number of rotatable bonds is 3. The summed E-state index contributed by atoms with van der Waals surface area (Å²) in [6.07, 6.45) is -0.778. The molecule has 0 heterocycles. The Kier molecular flexibility index (Phi) is 8.83. The summed E-state index contributed by atoms with van der Waals surface area (Å²) in [5.74, 6) is -1.16. The Morgan fingerprint density at radius 1 is 1.78 bits per heavy atom. The molecule has 48 valence electrons. The first-order valence-electron chi connectivity index (χ1n) is 2.51. The predicted octanol–water partition coefficient (Wildman–Crippen LogP) is -3.83. The van der Waals surface area contributed by atoms with E-state index in [1.165, 1.54) is 6.92 Å². The van der Waals surface area contributed by atoms with E-state index in [0.29, 0.717) is 6.61 Å². The maximum Gasteiger partial charge on any atom is 1.00 e. The van der Waals surface area contributed by atoms with Crippen LogP contribution in [-0.2, 0) is 9.53 Å². The van der Waals surface area contributed by atoms with Crippen molar-refractivity contribution < 1.29 is 44.2 Å². The zero-order chi connectivity index (χ0) is 6.57. The Hall–Kier alpha value is 0.430. The first-order valence-corrected chi connectivity index (χ1v) is 2.51. The molecular weight excluding hydrogens is 131 g/mol. The van der Waals surface area contributed by atoms with Crippen LogP contribution in [0.15, 0.2) is 0 Å². The Morgan fingerprint density at radius 3 is 2.33 bits per heavy atom. The Balaban J connectivity index is 0. The topological polar surface area (TPSA) is 49.4 Å². The molecule has 0 bridgehead atoms. The summed E-state index contributed by atoms with van der Waals surface area (Å²) < 4.78 is 4.64. The molecule has 0 amide bonds. The molecule has 0 aromatic heterocycles. The number of aliphatic carboxylic acids is 1. The van der Waals surface area contributed by atoms with Crippen molar-refractivity contribution in [2.75, 3.05) is 6.61 Å². The van der Waals surface area contributed by atoms with Crippen molar-refractivity contribution in [1.29, 1.82) is 0 Å². The summed E-state index contributed by atoms with van der Waals surface area (Å²) in [5, 5.41) is 9.85. The van der Waals surface area contributed by atoms with Crippen LogP contribution in [0.3, 0.4) is 0 Å². The molecular formula is C5H9NaO3. The van der Waals surface area contributed by atoms with E-state index in [1.807, 2.05) is 0 Å². The first-order chi connectivity index (χ1) is 3.68. The van der Waals surface area contributed by atoms with Crippen LogP contribution in [0.1, 0.15) is 13.8 Å². The van der Waals surface area contributed by atoms with Gasteiger partial charge in [-0.3, -0.25) is 0 Å². The van der Waals surface area contributed by atoms with E-state index in [4.69, 9.17) is 0 Å². The van der Waals surface area contributed by atoms with E-state index >= 15 is 0 Å². The van der Waals surface area contributed by atoms with Gasteiger partial charge < -0.3 is 14.6 Å². The van der Waals surface area contributed by atoms with E-state index in [0.717, 1.165) is 0 Å². The third-order valence-corrected chi connectivity index (χ3v) is 0.749. The van der Waals surface area contributed by atoms with E-state index in [1.54, 1.807) is 6.92 Å². The smallest absolute Gasteiger partial charge is 0.547 e. The average molecular weight is 140 g/mol. The molecule has 0 fully saturated rings. The number of carboxylic acids is 1. The average Bonchev–Trinajstić information content (AvgIpc) is 1.67. The van der Waals surface area contributed by atoms with E-state index in [2.05, 4.69) is 4.74 Å². The van der Waals surface area contributed by atoms with Crippen LogP contribution >= 0.6 is 0 Å². The summed E-state index contributed by atoms with van der Waals surface area (Å²) in [4.78, 5) is 9.85. The minimum absolute atomic E-state index is 0. The Labute approximate surface area is 76.7 Å². The van der Waals surface area contributed by atoms with Crippen molar-refractivity contribution in [2.45, 2.75) is 20.0 Å². The van der Waals surface area contributed by atoms with E-state index < -0.39 is 12.1 Å². The second-order valence-corrected chi connectivity index (χ2v) is 1.42.